The summed E-state index contributed by atoms with van der Waals surface area (Å²) in [6, 6.07) is 13.2. The number of carbonyl (C=O) groups excluding carboxylic acids is 1. The lowest BCUT2D eigenvalue weighted by Crippen LogP contribution is -2.30. The van der Waals surface area contributed by atoms with Crippen molar-refractivity contribution in [2.75, 3.05) is 10.7 Å². The second kappa shape index (κ2) is 8.63. The van der Waals surface area contributed by atoms with Gasteiger partial charge < -0.3 is 5.32 Å². The molecule has 2 aromatic carbocycles. The van der Waals surface area contributed by atoms with E-state index in [1.807, 2.05) is 6.07 Å². The van der Waals surface area contributed by atoms with Crippen molar-refractivity contribution in [2.45, 2.75) is 0 Å². The number of hydrogen-bond acceptors (Lipinski definition) is 7. The number of aromatic nitrogens is 2. The number of amides is 1. The third kappa shape index (κ3) is 4.72. The molecule has 1 amide bonds. The van der Waals surface area contributed by atoms with Crippen LogP contribution >= 0.6 is 27.5 Å². The Kier molecular flexibility index (Phi) is 6.02. The SMILES string of the molecule is O=C(NNc1ncnc(Nc2cccc(Br)c2)c1[N+](=O)[O-])c1ccc(Cl)cc1. The Morgan fingerprint density at radius 3 is 2.50 bits per heavy atom. The molecule has 0 aliphatic heterocycles. The van der Waals surface area contributed by atoms with Crippen LogP contribution in [0, 0.1) is 10.1 Å². The molecule has 1 aromatic heterocycles. The first-order chi connectivity index (χ1) is 13.4. The van der Waals surface area contributed by atoms with Crippen molar-refractivity contribution in [3.05, 3.63) is 80.0 Å². The van der Waals surface area contributed by atoms with Gasteiger partial charge >= 0.3 is 5.69 Å². The van der Waals surface area contributed by atoms with Crippen LogP contribution in [0.4, 0.5) is 23.0 Å². The largest absolute Gasteiger partial charge is 0.355 e. The molecule has 0 fully saturated rings. The number of benzene rings is 2. The number of nitrogens with one attached hydrogen (secondary N) is 3. The highest BCUT2D eigenvalue weighted by atomic mass is 79.9. The Labute approximate surface area is 172 Å². The average molecular weight is 464 g/mol. The van der Waals surface area contributed by atoms with Crippen molar-refractivity contribution in [2.24, 2.45) is 0 Å². The maximum atomic E-state index is 12.2. The van der Waals surface area contributed by atoms with Crippen LogP contribution < -0.4 is 16.2 Å². The molecule has 0 unspecified atom stereocenters. The van der Waals surface area contributed by atoms with Gasteiger partial charge in [0.05, 0.1) is 4.92 Å². The molecule has 0 radical (unpaired) electrons. The van der Waals surface area contributed by atoms with Gasteiger partial charge in [0.1, 0.15) is 6.33 Å². The normalized spacial score (nSPS) is 10.2. The predicted molar refractivity (Wildman–Crippen MR) is 109 cm³/mol. The molecule has 0 aliphatic carbocycles. The number of halogens is 2. The molecule has 28 heavy (non-hydrogen) atoms. The highest BCUT2D eigenvalue weighted by molar-refractivity contribution is 9.10. The first-order valence-corrected chi connectivity index (χ1v) is 8.95. The molecule has 0 aliphatic rings. The van der Waals surface area contributed by atoms with E-state index in [1.165, 1.54) is 12.1 Å². The van der Waals surface area contributed by atoms with E-state index in [-0.39, 0.29) is 11.6 Å². The van der Waals surface area contributed by atoms with E-state index in [9.17, 15) is 14.9 Å². The van der Waals surface area contributed by atoms with Gasteiger partial charge in [0.25, 0.3) is 5.91 Å². The summed E-state index contributed by atoms with van der Waals surface area (Å²) in [6.07, 6.45) is 1.14. The fourth-order valence-corrected chi connectivity index (χ4v) is 2.75. The molecule has 0 spiro atoms. The molecule has 1 heterocycles. The lowest BCUT2D eigenvalue weighted by atomic mass is 10.2. The van der Waals surface area contributed by atoms with E-state index >= 15 is 0 Å². The van der Waals surface area contributed by atoms with Crippen LogP contribution in [0.5, 0.6) is 0 Å². The molecular weight excluding hydrogens is 452 g/mol. The van der Waals surface area contributed by atoms with Crippen LogP contribution in [-0.2, 0) is 0 Å². The monoisotopic (exact) mass is 462 g/mol. The molecule has 0 saturated carbocycles. The summed E-state index contributed by atoms with van der Waals surface area (Å²) in [5.74, 6) is -0.702. The molecule has 11 heteroatoms. The van der Waals surface area contributed by atoms with Gasteiger partial charge in [0.2, 0.25) is 11.6 Å². The van der Waals surface area contributed by atoms with Crippen LogP contribution in [0.3, 0.4) is 0 Å². The van der Waals surface area contributed by atoms with Crippen LogP contribution in [-0.4, -0.2) is 20.8 Å². The van der Waals surface area contributed by atoms with Gasteiger partial charge in [-0.1, -0.05) is 33.6 Å². The number of carbonyl (C=O) groups is 1. The van der Waals surface area contributed by atoms with E-state index in [0.29, 0.717) is 16.3 Å². The Morgan fingerprint density at radius 1 is 1.11 bits per heavy atom. The van der Waals surface area contributed by atoms with Crippen molar-refractivity contribution >= 4 is 56.4 Å². The van der Waals surface area contributed by atoms with E-state index < -0.39 is 16.5 Å². The Hall–Kier alpha value is -3.24. The first-order valence-electron chi connectivity index (χ1n) is 7.78. The highest BCUT2D eigenvalue weighted by Gasteiger charge is 2.23. The van der Waals surface area contributed by atoms with Gasteiger partial charge in [-0.2, -0.15) is 0 Å². The number of nitrogens with zero attached hydrogens (tertiary/aromatic N) is 3. The van der Waals surface area contributed by atoms with Gasteiger partial charge in [0.15, 0.2) is 0 Å². The second-order valence-corrected chi connectivity index (χ2v) is 6.75. The molecule has 3 rings (SSSR count). The zero-order valence-corrected chi connectivity index (χ0v) is 16.4. The molecule has 0 saturated heterocycles. The van der Waals surface area contributed by atoms with Gasteiger partial charge in [-0.3, -0.25) is 25.8 Å². The van der Waals surface area contributed by atoms with Crippen LogP contribution in [0.1, 0.15) is 10.4 Å². The zero-order chi connectivity index (χ0) is 20.1. The number of nitro groups is 1. The predicted octanol–water partition coefficient (Wildman–Crippen LogP) is 4.30. The third-order valence-electron chi connectivity index (χ3n) is 3.49. The lowest BCUT2D eigenvalue weighted by molar-refractivity contribution is -0.383. The van der Waals surface area contributed by atoms with Gasteiger partial charge in [-0.15, -0.1) is 0 Å². The van der Waals surface area contributed by atoms with Crippen LogP contribution in [0.15, 0.2) is 59.3 Å². The average Bonchev–Trinajstić information content (AvgIpc) is 2.66. The first kappa shape index (κ1) is 19.5. The van der Waals surface area contributed by atoms with Crippen LogP contribution in [0.25, 0.3) is 0 Å². The molecule has 9 nitrogen and oxygen atoms in total. The van der Waals surface area contributed by atoms with E-state index in [2.05, 4.69) is 42.1 Å². The van der Waals surface area contributed by atoms with Crippen molar-refractivity contribution < 1.29 is 9.72 Å². The number of rotatable bonds is 6. The van der Waals surface area contributed by atoms with Gasteiger partial charge in [0, 0.05) is 20.7 Å². The molecule has 0 atom stereocenters. The van der Waals surface area contributed by atoms with E-state index in [4.69, 9.17) is 11.6 Å². The lowest BCUT2D eigenvalue weighted by Gasteiger charge is -2.11. The maximum absolute atomic E-state index is 12.2. The van der Waals surface area contributed by atoms with Crippen molar-refractivity contribution in [1.29, 1.82) is 0 Å². The topological polar surface area (TPSA) is 122 Å². The van der Waals surface area contributed by atoms with E-state index in [0.717, 1.165) is 10.8 Å². The van der Waals surface area contributed by atoms with Crippen molar-refractivity contribution in [3.8, 4) is 0 Å². The minimum Gasteiger partial charge on any atom is -0.334 e. The third-order valence-corrected chi connectivity index (χ3v) is 4.24. The summed E-state index contributed by atoms with van der Waals surface area (Å²) in [4.78, 5) is 30.9. The summed E-state index contributed by atoms with van der Waals surface area (Å²) in [5, 5.41) is 14.9. The second-order valence-electron chi connectivity index (χ2n) is 5.40. The standard InChI is InChI=1S/C17H12BrClN6O3/c18-11-2-1-3-13(8-11)22-15-14(25(27)28)16(21-9-20-15)23-24-17(26)10-4-6-12(19)7-5-10/h1-9H,(H,24,26)(H2,20,21,22,23). The Bertz CT molecular complexity index is 1030. The fraction of sp³-hybridized carbons (Fsp3) is 0. The highest BCUT2D eigenvalue weighted by Crippen LogP contribution is 2.31. The Morgan fingerprint density at radius 2 is 1.82 bits per heavy atom. The Balaban J connectivity index is 1.82. The van der Waals surface area contributed by atoms with Crippen LogP contribution in [0.2, 0.25) is 5.02 Å². The maximum Gasteiger partial charge on any atom is 0.355 e. The van der Waals surface area contributed by atoms with E-state index in [1.54, 1.807) is 30.3 Å². The summed E-state index contributed by atoms with van der Waals surface area (Å²) < 4.78 is 0.794. The minimum atomic E-state index is -0.642. The van der Waals surface area contributed by atoms with Gasteiger partial charge in [-0.25, -0.2) is 9.97 Å². The van der Waals surface area contributed by atoms with Crippen molar-refractivity contribution in [1.82, 2.24) is 15.4 Å². The molecule has 142 valence electrons. The smallest absolute Gasteiger partial charge is 0.334 e. The van der Waals surface area contributed by atoms with Gasteiger partial charge in [-0.05, 0) is 42.5 Å². The summed E-state index contributed by atoms with van der Waals surface area (Å²) in [6.45, 7) is 0. The number of hydrazine groups is 1. The summed E-state index contributed by atoms with van der Waals surface area (Å²) in [7, 11) is 0. The number of hydrogen-bond donors (Lipinski definition) is 3. The number of anilines is 3. The quantitative estimate of drug-likeness (QED) is 0.368. The fourth-order valence-electron chi connectivity index (χ4n) is 2.23. The molecule has 0 bridgehead atoms. The zero-order valence-electron chi connectivity index (χ0n) is 14.0. The summed E-state index contributed by atoms with van der Waals surface area (Å²) >= 11 is 9.12. The minimum absolute atomic E-state index is 0.0265. The molecule has 3 N–H and O–H groups in total. The molecule has 3 aromatic rings. The molecular formula is C17H12BrClN6O3. The van der Waals surface area contributed by atoms with Crippen molar-refractivity contribution in [3.63, 3.8) is 0 Å². The summed E-state index contributed by atoms with van der Waals surface area (Å²) in [5.41, 5.74) is 5.33.